The van der Waals surface area contributed by atoms with E-state index in [2.05, 4.69) is 34.0 Å². The SMILES string of the molecule is CC(C)C(NC(=O)OC(C)(C)C)C(=O)N1CCCC1CN(c1ncc(B2OC(C)(C)C(C)(C)O2)cn1)C(C)C. The van der Waals surface area contributed by atoms with Crippen LogP contribution in [0.25, 0.3) is 0 Å². The lowest BCUT2D eigenvalue weighted by Gasteiger charge is -2.35. The van der Waals surface area contributed by atoms with E-state index in [1.54, 1.807) is 33.2 Å². The van der Waals surface area contributed by atoms with Crippen molar-refractivity contribution in [2.24, 2.45) is 5.92 Å². The van der Waals surface area contributed by atoms with Crippen LogP contribution in [0.3, 0.4) is 0 Å². The molecule has 1 aromatic rings. The summed E-state index contributed by atoms with van der Waals surface area (Å²) in [5.41, 5.74) is -0.747. The normalized spacial score (nSPS) is 21.4. The largest absolute Gasteiger partial charge is 0.498 e. The summed E-state index contributed by atoms with van der Waals surface area (Å²) < 4.78 is 17.7. The Balaban J connectivity index is 1.72. The lowest BCUT2D eigenvalue weighted by Crippen LogP contribution is -2.55. The van der Waals surface area contributed by atoms with Gasteiger partial charge in [-0.05, 0) is 81.1 Å². The maximum Gasteiger partial charge on any atom is 0.498 e. The summed E-state index contributed by atoms with van der Waals surface area (Å²) in [7, 11) is -0.523. The van der Waals surface area contributed by atoms with E-state index >= 15 is 0 Å². The minimum absolute atomic E-state index is 0.0204. The summed E-state index contributed by atoms with van der Waals surface area (Å²) in [6.07, 6.45) is 4.72. The Kier molecular flexibility index (Phi) is 9.27. The number of aromatic nitrogens is 2. The third-order valence-electron chi connectivity index (χ3n) is 7.74. The first-order chi connectivity index (χ1) is 17.9. The molecule has 3 rings (SSSR count). The zero-order valence-electron chi connectivity index (χ0n) is 25.7. The highest BCUT2D eigenvalue weighted by Crippen LogP contribution is 2.36. The summed E-state index contributed by atoms with van der Waals surface area (Å²) in [5, 5.41) is 2.81. The minimum Gasteiger partial charge on any atom is -0.444 e. The highest BCUT2D eigenvalue weighted by Gasteiger charge is 2.52. The van der Waals surface area contributed by atoms with Gasteiger partial charge in [0.15, 0.2) is 0 Å². The van der Waals surface area contributed by atoms with E-state index in [1.807, 2.05) is 46.4 Å². The lowest BCUT2D eigenvalue weighted by molar-refractivity contribution is -0.135. The van der Waals surface area contributed by atoms with Crippen molar-refractivity contribution in [2.75, 3.05) is 18.0 Å². The molecule has 39 heavy (non-hydrogen) atoms. The fourth-order valence-electron chi connectivity index (χ4n) is 4.77. The third-order valence-corrected chi connectivity index (χ3v) is 7.74. The number of ether oxygens (including phenoxy) is 1. The Morgan fingerprint density at radius 2 is 1.69 bits per heavy atom. The zero-order valence-corrected chi connectivity index (χ0v) is 25.7. The Hall–Kier alpha value is -2.40. The Bertz CT molecular complexity index is 993. The van der Waals surface area contributed by atoms with Crippen LogP contribution in [0.5, 0.6) is 0 Å². The smallest absolute Gasteiger partial charge is 0.444 e. The molecule has 0 radical (unpaired) electrons. The number of nitrogens with zero attached hydrogens (tertiary/aromatic N) is 4. The zero-order chi connectivity index (χ0) is 29.3. The molecule has 2 unspecified atom stereocenters. The summed E-state index contributed by atoms with van der Waals surface area (Å²) in [4.78, 5) is 39.5. The van der Waals surface area contributed by atoms with Crippen molar-refractivity contribution >= 4 is 30.5 Å². The van der Waals surface area contributed by atoms with Crippen LogP contribution in [0.4, 0.5) is 10.7 Å². The summed E-state index contributed by atoms with van der Waals surface area (Å²) in [5.74, 6) is 0.425. The fraction of sp³-hybridized carbons (Fsp3) is 0.786. The Morgan fingerprint density at radius 1 is 1.13 bits per heavy atom. The van der Waals surface area contributed by atoms with Crippen LogP contribution >= 0.6 is 0 Å². The number of carbonyl (C=O) groups is 2. The number of alkyl carbamates (subject to hydrolysis) is 1. The number of rotatable bonds is 8. The maximum absolute atomic E-state index is 13.7. The van der Waals surface area contributed by atoms with Crippen LogP contribution in [0.1, 0.15) is 89.0 Å². The van der Waals surface area contributed by atoms with E-state index in [0.29, 0.717) is 19.0 Å². The second kappa shape index (κ2) is 11.6. The highest BCUT2D eigenvalue weighted by atomic mass is 16.7. The summed E-state index contributed by atoms with van der Waals surface area (Å²) in [6, 6.07) is -0.567. The van der Waals surface area contributed by atoms with Gasteiger partial charge >= 0.3 is 13.2 Å². The van der Waals surface area contributed by atoms with E-state index in [4.69, 9.17) is 14.0 Å². The molecule has 10 nitrogen and oxygen atoms in total. The number of amides is 2. The minimum atomic E-state index is -0.664. The number of hydrogen-bond acceptors (Lipinski definition) is 8. The van der Waals surface area contributed by atoms with Gasteiger partial charge in [-0.15, -0.1) is 0 Å². The molecule has 3 heterocycles. The van der Waals surface area contributed by atoms with Crippen molar-refractivity contribution in [3.8, 4) is 0 Å². The van der Waals surface area contributed by atoms with E-state index in [9.17, 15) is 9.59 Å². The molecule has 2 atom stereocenters. The molecular weight excluding hydrogens is 497 g/mol. The van der Waals surface area contributed by atoms with Gasteiger partial charge in [0.25, 0.3) is 0 Å². The molecule has 2 aliphatic rings. The molecule has 218 valence electrons. The molecule has 0 saturated carbocycles. The Morgan fingerprint density at radius 3 is 2.18 bits per heavy atom. The molecule has 0 aromatic carbocycles. The van der Waals surface area contributed by atoms with Gasteiger partial charge in [0.2, 0.25) is 11.9 Å². The number of carbonyl (C=O) groups excluding carboxylic acids is 2. The molecule has 2 fully saturated rings. The molecular formula is C28H48BN5O5. The standard InChI is InChI=1S/C28H48BN5O5/c1-18(2)22(32-25(36)37-26(5,6)7)23(35)33-14-12-13-21(33)17-34(19(3)4)24-30-15-20(16-31-24)29-38-27(8,9)28(10,11)39-29/h15-16,18-19,21-22H,12-14,17H2,1-11H3,(H,32,36). The molecule has 2 saturated heterocycles. The van der Waals surface area contributed by atoms with E-state index < -0.39 is 36.1 Å². The van der Waals surface area contributed by atoms with Crippen molar-refractivity contribution < 1.29 is 23.6 Å². The van der Waals surface area contributed by atoms with E-state index in [-0.39, 0.29) is 23.9 Å². The van der Waals surface area contributed by atoms with Crippen molar-refractivity contribution in [2.45, 2.75) is 124 Å². The van der Waals surface area contributed by atoms with Crippen molar-refractivity contribution in [1.82, 2.24) is 20.2 Å². The van der Waals surface area contributed by atoms with Crippen LogP contribution < -0.4 is 15.7 Å². The molecule has 1 aromatic heterocycles. The summed E-state index contributed by atoms with van der Waals surface area (Å²) >= 11 is 0. The van der Waals surface area contributed by atoms with Crippen LogP contribution in [0.15, 0.2) is 12.4 Å². The van der Waals surface area contributed by atoms with Crippen LogP contribution in [0, 0.1) is 5.92 Å². The van der Waals surface area contributed by atoms with Gasteiger partial charge in [-0.3, -0.25) is 4.79 Å². The van der Waals surface area contributed by atoms with Crippen LogP contribution in [-0.4, -0.2) is 82.0 Å². The molecule has 0 bridgehead atoms. The number of anilines is 1. The second-order valence-electron chi connectivity index (χ2n) is 13.3. The van der Waals surface area contributed by atoms with Crippen molar-refractivity contribution in [3.05, 3.63) is 12.4 Å². The van der Waals surface area contributed by atoms with Gasteiger partial charge in [-0.2, -0.15) is 0 Å². The quantitative estimate of drug-likeness (QED) is 0.495. The maximum atomic E-state index is 13.7. The van der Waals surface area contributed by atoms with Gasteiger partial charge < -0.3 is 29.2 Å². The first-order valence-electron chi connectivity index (χ1n) is 14.2. The van der Waals surface area contributed by atoms with Gasteiger partial charge in [-0.25, -0.2) is 14.8 Å². The molecule has 1 N–H and O–H groups in total. The first kappa shape index (κ1) is 31.1. The fourth-order valence-corrected chi connectivity index (χ4v) is 4.77. The molecule has 0 spiro atoms. The third kappa shape index (κ3) is 7.42. The van der Waals surface area contributed by atoms with Crippen LogP contribution in [0.2, 0.25) is 0 Å². The molecule has 11 heteroatoms. The monoisotopic (exact) mass is 545 g/mol. The van der Waals surface area contributed by atoms with Crippen LogP contribution in [-0.2, 0) is 18.8 Å². The van der Waals surface area contributed by atoms with Crippen molar-refractivity contribution in [1.29, 1.82) is 0 Å². The number of nitrogens with one attached hydrogen (secondary N) is 1. The predicted octanol–water partition coefficient (Wildman–Crippen LogP) is 3.53. The first-order valence-corrected chi connectivity index (χ1v) is 14.2. The Labute approximate surface area is 234 Å². The molecule has 2 amide bonds. The van der Waals surface area contributed by atoms with Gasteiger partial charge in [0.05, 0.1) is 11.2 Å². The topological polar surface area (TPSA) is 106 Å². The molecule has 0 aliphatic carbocycles. The predicted molar refractivity (Wildman–Crippen MR) is 153 cm³/mol. The number of likely N-dealkylation sites (tertiary alicyclic amines) is 1. The van der Waals surface area contributed by atoms with E-state index in [1.165, 1.54) is 0 Å². The van der Waals surface area contributed by atoms with Crippen molar-refractivity contribution in [3.63, 3.8) is 0 Å². The average molecular weight is 546 g/mol. The second-order valence-corrected chi connectivity index (χ2v) is 13.3. The average Bonchev–Trinajstić information content (AvgIpc) is 3.35. The highest BCUT2D eigenvalue weighted by molar-refractivity contribution is 6.61. The summed E-state index contributed by atoms with van der Waals surface area (Å²) in [6.45, 7) is 22.8. The lowest BCUT2D eigenvalue weighted by atomic mass is 9.81. The number of hydrogen-bond donors (Lipinski definition) is 1. The van der Waals surface area contributed by atoms with Gasteiger partial charge in [0, 0.05) is 43.0 Å². The van der Waals surface area contributed by atoms with Gasteiger partial charge in [-0.1, -0.05) is 13.8 Å². The van der Waals surface area contributed by atoms with E-state index in [0.717, 1.165) is 18.3 Å². The molecule has 2 aliphatic heterocycles. The van der Waals surface area contributed by atoms with Gasteiger partial charge in [0.1, 0.15) is 11.6 Å².